The number of nitrogens with one attached hydrogen (secondary N) is 1. The van der Waals surface area contributed by atoms with Crippen LogP contribution in [0.25, 0.3) is 10.9 Å². The van der Waals surface area contributed by atoms with E-state index >= 15 is 0 Å². The van der Waals surface area contributed by atoms with Crippen molar-refractivity contribution in [1.82, 2.24) is 4.98 Å². The lowest BCUT2D eigenvalue weighted by Crippen LogP contribution is -2.23. The molecule has 0 unspecified atom stereocenters. The molecule has 0 amide bonds. The van der Waals surface area contributed by atoms with Crippen LogP contribution in [0.5, 0.6) is 5.75 Å². The third-order valence-electron chi connectivity index (χ3n) is 6.25. The van der Waals surface area contributed by atoms with E-state index in [0.717, 1.165) is 30.5 Å². The van der Waals surface area contributed by atoms with Crippen LogP contribution in [0.1, 0.15) is 75.1 Å². The number of anilines is 1. The molecule has 1 N–H and O–H groups in total. The Bertz CT molecular complexity index is 778. The van der Waals surface area contributed by atoms with E-state index in [9.17, 15) is 0 Å². The lowest BCUT2D eigenvalue weighted by molar-refractivity contribution is 0.411. The summed E-state index contributed by atoms with van der Waals surface area (Å²) < 4.78 is 5.70. The smallest absolute Gasteiger partial charge is 0.122 e. The van der Waals surface area contributed by atoms with Gasteiger partial charge in [0.2, 0.25) is 0 Å². The molecular formula is C23H32N2O. The molecule has 1 aromatic heterocycles. The van der Waals surface area contributed by atoms with E-state index in [1.807, 2.05) is 0 Å². The number of aromatic nitrogens is 1. The largest absolute Gasteiger partial charge is 0.496 e. The summed E-state index contributed by atoms with van der Waals surface area (Å²) in [5.41, 5.74) is 6.57. The van der Waals surface area contributed by atoms with E-state index in [4.69, 9.17) is 9.72 Å². The molecule has 0 bridgehead atoms. The number of hydrogen-bond acceptors (Lipinski definition) is 3. The van der Waals surface area contributed by atoms with Gasteiger partial charge >= 0.3 is 0 Å². The van der Waals surface area contributed by atoms with Gasteiger partial charge in [0.25, 0.3) is 0 Å². The Balaban J connectivity index is 1.86. The minimum Gasteiger partial charge on any atom is -0.496 e. The Morgan fingerprint density at radius 3 is 2.58 bits per heavy atom. The van der Waals surface area contributed by atoms with Gasteiger partial charge in [0, 0.05) is 22.8 Å². The van der Waals surface area contributed by atoms with Crippen molar-refractivity contribution in [2.24, 2.45) is 0 Å². The van der Waals surface area contributed by atoms with Crippen LogP contribution in [0.15, 0.2) is 12.1 Å². The van der Waals surface area contributed by atoms with Gasteiger partial charge in [0.15, 0.2) is 0 Å². The average molecular weight is 353 g/mol. The van der Waals surface area contributed by atoms with Crippen molar-refractivity contribution in [3.8, 4) is 5.75 Å². The number of fused-ring (bicyclic) bond motifs is 2. The maximum absolute atomic E-state index is 5.70. The van der Waals surface area contributed by atoms with Crippen LogP contribution in [0.3, 0.4) is 0 Å². The van der Waals surface area contributed by atoms with E-state index in [1.165, 1.54) is 79.3 Å². The van der Waals surface area contributed by atoms with E-state index < -0.39 is 0 Å². The van der Waals surface area contributed by atoms with Crippen molar-refractivity contribution >= 4 is 16.6 Å². The maximum atomic E-state index is 5.70. The summed E-state index contributed by atoms with van der Waals surface area (Å²) in [7, 11) is 1.78. The lowest BCUT2D eigenvalue weighted by atomic mass is 9.93. The quantitative estimate of drug-likeness (QED) is 0.704. The zero-order valence-corrected chi connectivity index (χ0v) is 16.4. The second kappa shape index (κ2) is 7.85. The highest BCUT2D eigenvalue weighted by Crippen LogP contribution is 2.37. The minimum atomic E-state index is 0.610. The van der Waals surface area contributed by atoms with E-state index in [1.54, 1.807) is 7.11 Å². The summed E-state index contributed by atoms with van der Waals surface area (Å²) in [5.74, 6) is 1.00. The Morgan fingerprint density at radius 2 is 1.81 bits per heavy atom. The molecule has 1 aromatic carbocycles. The Labute approximate surface area is 157 Å². The molecule has 0 atom stereocenters. The van der Waals surface area contributed by atoms with Gasteiger partial charge in [-0.15, -0.1) is 0 Å². The van der Waals surface area contributed by atoms with Gasteiger partial charge in [-0.3, -0.25) is 4.98 Å². The highest BCUT2D eigenvalue weighted by atomic mass is 16.5. The molecule has 2 aliphatic carbocycles. The number of nitrogens with zero attached hydrogens (tertiary/aromatic N) is 1. The number of rotatable bonds is 4. The maximum Gasteiger partial charge on any atom is 0.122 e. The lowest BCUT2D eigenvalue weighted by Gasteiger charge is -2.27. The topological polar surface area (TPSA) is 34.2 Å². The molecule has 0 aliphatic heterocycles. The zero-order chi connectivity index (χ0) is 17.9. The summed E-state index contributed by atoms with van der Waals surface area (Å²) in [5, 5.41) is 5.23. The molecule has 4 rings (SSSR count). The fourth-order valence-electron chi connectivity index (χ4n) is 4.75. The third kappa shape index (κ3) is 3.41. The molecule has 2 aromatic rings. The molecule has 0 spiro atoms. The van der Waals surface area contributed by atoms with Gasteiger partial charge in [-0.2, -0.15) is 0 Å². The van der Waals surface area contributed by atoms with E-state index in [0.29, 0.717) is 6.04 Å². The highest BCUT2D eigenvalue weighted by molar-refractivity contribution is 5.95. The van der Waals surface area contributed by atoms with Crippen molar-refractivity contribution in [2.75, 3.05) is 12.4 Å². The summed E-state index contributed by atoms with van der Waals surface area (Å²) in [6.45, 7) is 2.19. The first-order chi connectivity index (χ1) is 12.8. The van der Waals surface area contributed by atoms with Crippen molar-refractivity contribution in [1.29, 1.82) is 0 Å². The van der Waals surface area contributed by atoms with Crippen molar-refractivity contribution in [3.63, 3.8) is 0 Å². The van der Waals surface area contributed by atoms with Crippen molar-refractivity contribution in [3.05, 3.63) is 29.0 Å². The predicted molar refractivity (Wildman–Crippen MR) is 109 cm³/mol. The minimum absolute atomic E-state index is 0.610. The Hall–Kier alpha value is -1.77. The van der Waals surface area contributed by atoms with Crippen LogP contribution in [0, 0.1) is 0 Å². The zero-order valence-electron chi connectivity index (χ0n) is 16.4. The molecule has 0 radical (unpaired) electrons. The summed E-state index contributed by atoms with van der Waals surface area (Å²) in [6, 6.07) is 5.10. The summed E-state index contributed by atoms with van der Waals surface area (Å²) in [6.07, 6.45) is 13.8. The second-order valence-corrected chi connectivity index (χ2v) is 7.99. The van der Waals surface area contributed by atoms with Crippen LogP contribution in [0.4, 0.5) is 5.69 Å². The normalized spacial score (nSPS) is 18.4. The first-order valence-corrected chi connectivity index (χ1v) is 10.6. The highest BCUT2D eigenvalue weighted by Gasteiger charge is 2.22. The fraction of sp³-hybridized carbons (Fsp3) is 0.609. The number of aryl methyl sites for hydroxylation is 2. The summed E-state index contributed by atoms with van der Waals surface area (Å²) in [4.78, 5) is 5.12. The molecule has 1 heterocycles. The van der Waals surface area contributed by atoms with Gasteiger partial charge in [-0.05, 0) is 68.2 Å². The van der Waals surface area contributed by atoms with Gasteiger partial charge in [0.05, 0.1) is 12.6 Å². The molecule has 0 saturated heterocycles. The fourth-order valence-corrected chi connectivity index (χ4v) is 4.75. The molecular weight excluding hydrogens is 320 g/mol. The number of ether oxygens (including phenoxy) is 1. The monoisotopic (exact) mass is 352 g/mol. The molecule has 3 nitrogen and oxygen atoms in total. The number of pyridine rings is 1. The molecule has 1 saturated carbocycles. The second-order valence-electron chi connectivity index (χ2n) is 7.99. The average Bonchev–Trinajstić information content (AvgIpc) is 2.93. The SMILES string of the molecule is CCc1cc2nc3c(c(NC4CCCCC4)c2cc1OC)CCCCC3. The van der Waals surface area contributed by atoms with E-state index in [-0.39, 0.29) is 0 Å². The number of methoxy groups -OCH3 is 1. The Kier molecular flexibility index (Phi) is 5.33. The van der Waals surface area contributed by atoms with Crippen LogP contribution in [-0.4, -0.2) is 18.1 Å². The molecule has 2 aliphatic rings. The van der Waals surface area contributed by atoms with Gasteiger partial charge in [-0.25, -0.2) is 0 Å². The van der Waals surface area contributed by atoms with Gasteiger partial charge in [-0.1, -0.05) is 32.6 Å². The van der Waals surface area contributed by atoms with Gasteiger partial charge < -0.3 is 10.1 Å². The third-order valence-corrected chi connectivity index (χ3v) is 6.25. The molecule has 1 fully saturated rings. The molecule has 3 heteroatoms. The van der Waals surface area contributed by atoms with Crippen LogP contribution < -0.4 is 10.1 Å². The number of benzene rings is 1. The predicted octanol–water partition coefficient (Wildman–Crippen LogP) is 5.82. The van der Waals surface area contributed by atoms with Crippen LogP contribution in [0.2, 0.25) is 0 Å². The van der Waals surface area contributed by atoms with Gasteiger partial charge in [0.1, 0.15) is 5.75 Å². The standard InChI is InChI=1S/C23H32N2O/c1-3-16-14-21-19(15-22(16)26-2)23(24-17-10-6-4-7-11-17)18-12-8-5-9-13-20(18)25-21/h14-15,17H,3-13H2,1-2H3,(H,24,25). The van der Waals surface area contributed by atoms with Crippen molar-refractivity contribution in [2.45, 2.75) is 83.6 Å². The molecule has 26 heavy (non-hydrogen) atoms. The molecule has 140 valence electrons. The first kappa shape index (κ1) is 17.6. The van der Waals surface area contributed by atoms with Crippen LogP contribution in [-0.2, 0) is 19.3 Å². The van der Waals surface area contributed by atoms with Crippen molar-refractivity contribution < 1.29 is 4.74 Å². The Morgan fingerprint density at radius 1 is 1.04 bits per heavy atom. The first-order valence-electron chi connectivity index (χ1n) is 10.6. The number of hydrogen-bond donors (Lipinski definition) is 1. The van der Waals surface area contributed by atoms with Crippen LogP contribution >= 0.6 is 0 Å². The summed E-state index contributed by atoms with van der Waals surface area (Å²) >= 11 is 0. The van der Waals surface area contributed by atoms with E-state index in [2.05, 4.69) is 24.4 Å².